The molecule has 0 saturated carbocycles. The molecule has 0 amide bonds. The van der Waals surface area contributed by atoms with Crippen LogP contribution in [0, 0.1) is 0 Å². The summed E-state index contributed by atoms with van der Waals surface area (Å²) in [6, 6.07) is 17.1. The summed E-state index contributed by atoms with van der Waals surface area (Å²) in [5.74, 6) is 0.966. The summed E-state index contributed by atoms with van der Waals surface area (Å²) in [6.07, 6.45) is 10.8. The summed E-state index contributed by atoms with van der Waals surface area (Å²) in [5.41, 5.74) is 3.66. The summed E-state index contributed by atoms with van der Waals surface area (Å²) in [4.78, 5) is 0. The van der Waals surface area contributed by atoms with Gasteiger partial charge in [-0.1, -0.05) is 88.3 Å². The average molecular weight is 383 g/mol. The first-order valence-corrected chi connectivity index (χ1v) is 11.2. The van der Waals surface area contributed by atoms with E-state index >= 15 is 0 Å². The number of unbranched alkanes of at least 4 members (excludes halogenated alkanes) is 7. The molecule has 1 atom stereocenters. The van der Waals surface area contributed by atoms with Crippen LogP contribution in [0.1, 0.15) is 83.8 Å². The maximum Gasteiger partial charge on any atom is 0.119 e. The van der Waals surface area contributed by atoms with Crippen molar-refractivity contribution in [3.05, 3.63) is 54.1 Å². The van der Waals surface area contributed by atoms with Crippen molar-refractivity contribution < 1.29 is 9.47 Å². The molecule has 0 radical (unpaired) electrons. The lowest BCUT2D eigenvalue weighted by Crippen LogP contribution is -1.99. The van der Waals surface area contributed by atoms with Crippen molar-refractivity contribution in [2.45, 2.75) is 78.2 Å². The van der Waals surface area contributed by atoms with Crippen LogP contribution in [0.2, 0.25) is 0 Å². The average Bonchev–Trinajstić information content (AvgIpc) is 2.73. The molecule has 0 bridgehead atoms. The fourth-order valence-electron chi connectivity index (χ4n) is 3.46. The van der Waals surface area contributed by atoms with Crippen molar-refractivity contribution in [3.63, 3.8) is 0 Å². The van der Waals surface area contributed by atoms with Crippen molar-refractivity contribution in [1.82, 2.24) is 0 Å². The Morgan fingerprint density at radius 2 is 1.21 bits per heavy atom. The number of hydrogen-bond donors (Lipinski definition) is 0. The maximum atomic E-state index is 5.90. The smallest absolute Gasteiger partial charge is 0.119 e. The zero-order chi connectivity index (χ0) is 20.0. The predicted octanol–water partition coefficient (Wildman–Crippen LogP) is 7.97. The van der Waals surface area contributed by atoms with E-state index < -0.39 is 0 Å². The Kier molecular flexibility index (Phi) is 10.8. The lowest BCUT2D eigenvalue weighted by atomic mass is 10.0. The van der Waals surface area contributed by atoms with Crippen LogP contribution in [0.25, 0.3) is 11.1 Å². The Labute approximate surface area is 172 Å². The van der Waals surface area contributed by atoms with Crippen LogP contribution in [-0.4, -0.2) is 13.2 Å². The second kappa shape index (κ2) is 13.4. The van der Waals surface area contributed by atoms with E-state index in [0.717, 1.165) is 25.4 Å². The van der Waals surface area contributed by atoms with Crippen LogP contribution in [0.4, 0.5) is 0 Å². The Bertz CT molecular complexity index is 630. The van der Waals surface area contributed by atoms with E-state index in [1.165, 1.54) is 61.6 Å². The van der Waals surface area contributed by atoms with E-state index in [1.807, 2.05) is 6.92 Å². The molecule has 0 N–H and O–H groups in total. The van der Waals surface area contributed by atoms with Crippen LogP contribution in [0.3, 0.4) is 0 Å². The van der Waals surface area contributed by atoms with E-state index in [9.17, 15) is 0 Å². The van der Waals surface area contributed by atoms with Crippen molar-refractivity contribution in [3.8, 4) is 16.9 Å². The van der Waals surface area contributed by atoms with E-state index in [-0.39, 0.29) is 6.10 Å². The van der Waals surface area contributed by atoms with Crippen LogP contribution < -0.4 is 4.74 Å². The molecule has 2 aromatic rings. The summed E-state index contributed by atoms with van der Waals surface area (Å²) in [7, 11) is 0. The standard InChI is InChI=1S/C26H38O2/c1-4-6-7-8-9-10-11-12-21-28-26-19-17-25(18-20-26)24-15-13-23(14-16-24)22(3)27-5-2/h13-20,22H,4-12,21H2,1-3H3. The van der Waals surface area contributed by atoms with Gasteiger partial charge in [0.2, 0.25) is 0 Å². The Balaban J connectivity index is 1.70. The molecule has 2 aromatic carbocycles. The molecule has 2 nitrogen and oxygen atoms in total. The summed E-state index contributed by atoms with van der Waals surface area (Å²) < 4.78 is 11.6. The Morgan fingerprint density at radius 1 is 0.679 bits per heavy atom. The van der Waals surface area contributed by atoms with E-state index in [1.54, 1.807) is 0 Å². The third-order valence-electron chi connectivity index (χ3n) is 5.25. The molecule has 154 valence electrons. The molecule has 0 heterocycles. The second-order valence-corrected chi connectivity index (χ2v) is 7.57. The molecule has 0 saturated heterocycles. The van der Waals surface area contributed by atoms with Crippen LogP contribution in [0.5, 0.6) is 5.75 Å². The van der Waals surface area contributed by atoms with Gasteiger partial charge >= 0.3 is 0 Å². The minimum absolute atomic E-state index is 0.145. The van der Waals surface area contributed by atoms with Gasteiger partial charge in [-0.05, 0) is 49.1 Å². The van der Waals surface area contributed by atoms with Gasteiger partial charge in [0.25, 0.3) is 0 Å². The van der Waals surface area contributed by atoms with Crippen LogP contribution in [-0.2, 0) is 4.74 Å². The van der Waals surface area contributed by atoms with Gasteiger partial charge in [0.05, 0.1) is 12.7 Å². The molecule has 2 heteroatoms. The zero-order valence-electron chi connectivity index (χ0n) is 18.1. The molecule has 0 aliphatic heterocycles. The molecule has 2 rings (SSSR count). The van der Waals surface area contributed by atoms with Crippen LogP contribution >= 0.6 is 0 Å². The summed E-state index contributed by atoms with van der Waals surface area (Å²) in [6.45, 7) is 7.95. The number of ether oxygens (including phenoxy) is 2. The molecule has 0 aromatic heterocycles. The molecule has 0 fully saturated rings. The third-order valence-corrected chi connectivity index (χ3v) is 5.25. The van der Waals surface area contributed by atoms with Crippen molar-refractivity contribution >= 4 is 0 Å². The third kappa shape index (κ3) is 8.06. The highest BCUT2D eigenvalue weighted by Crippen LogP contribution is 2.25. The van der Waals surface area contributed by atoms with Crippen molar-refractivity contribution in [2.24, 2.45) is 0 Å². The predicted molar refractivity (Wildman–Crippen MR) is 120 cm³/mol. The van der Waals surface area contributed by atoms with Gasteiger partial charge in [0.1, 0.15) is 5.75 Å². The minimum Gasteiger partial charge on any atom is -0.494 e. The van der Waals surface area contributed by atoms with E-state index in [0.29, 0.717) is 0 Å². The molecule has 1 unspecified atom stereocenters. The topological polar surface area (TPSA) is 18.5 Å². The van der Waals surface area contributed by atoms with Gasteiger partial charge in [-0.3, -0.25) is 0 Å². The van der Waals surface area contributed by atoms with E-state index in [2.05, 4.69) is 62.4 Å². The molecule has 28 heavy (non-hydrogen) atoms. The Hall–Kier alpha value is -1.80. The highest BCUT2D eigenvalue weighted by molar-refractivity contribution is 5.64. The largest absolute Gasteiger partial charge is 0.494 e. The molecule has 0 aliphatic rings. The van der Waals surface area contributed by atoms with Gasteiger partial charge in [-0.15, -0.1) is 0 Å². The van der Waals surface area contributed by atoms with Gasteiger partial charge in [-0.25, -0.2) is 0 Å². The number of hydrogen-bond acceptors (Lipinski definition) is 2. The number of benzene rings is 2. The van der Waals surface area contributed by atoms with Gasteiger partial charge < -0.3 is 9.47 Å². The zero-order valence-corrected chi connectivity index (χ0v) is 18.1. The lowest BCUT2D eigenvalue weighted by Gasteiger charge is -2.12. The molecular weight excluding hydrogens is 344 g/mol. The fourth-order valence-corrected chi connectivity index (χ4v) is 3.46. The maximum absolute atomic E-state index is 5.90. The highest BCUT2D eigenvalue weighted by Gasteiger charge is 2.05. The minimum atomic E-state index is 0.145. The highest BCUT2D eigenvalue weighted by atomic mass is 16.5. The SMILES string of the molecule is CCCCCCCCCCOc1ccc(-c2ccc(C(C)OCC)cc2)cc1. The monoisotopic (exact) mass is 382 g/mol. The molecular formula is C26H38O2. The molecule has 0 spiro atoms. The first-order chi connectivity index (χ1) is 13.7. The van der Waals surface area contributed by atoms with Crippen molar-refractivity contribution in [2.75, 3.05) is 13.2 Å². The van der Waals surface area contributed by atoms with Crippen LogP contribution in [0.15, 0.2) is 48.5 Å². The van der Waals surface area contributed by atoms with Crippen molar-refractivity contribution in [1.29, 1.82) is 0 Å². The quantitative estimate of drug-likeness (QED) is 0.308. The normalized spacial score (nSPS) is 12.1. The first kappa shape index (κ1) is 22.5. The van der Waals surface area contributed by atoms with Gasteiger partial charge in [-0.2, -0.15) is 0 Å². The summed E-state index contributed by atoms with van der Waals surface area (Å²) >= 11 is 0. The van der Waals surface area contributed by atoms with E-state index in [4.69, 9.17) is 9.47 Å². The van der Waals surface area contributed by atoms with Gasteiger partial charge in [0, 0.05) is 6.61 Å². The second-order valence-electron chi connectivity index (χ2n) is 7.57. The fraction of sp³-hybridized carbons (Fsp3) is 0.538. The first-order valence-electron chi connectivity index (χ1n) is 11.2. The summed E-state index contributed by atoms with van der Waals surface area (Å²) in [5, 5.41) is 0. The lowest BCUT2D eigenvalue weighted by molar-refractivity contribution is 0.0764. The Morgan fingerprint density at radius 3 is 1.79 bits per heavy atom. The molecule has 0 aliphatic carbocycles. The van der Waals surface area contributed by atoms with Gasteiger partial charge in [0.15, 0.2) is 0 Å². The number of rotatable bonds is 14.